The van der Waals surface area contributed by atoms with Gasteiger partial charge in [-0.05, 0) is 23.3 Å². The minimum atomic E-state index is -3.99. The van der Waals surface area contributed by atoms with E-state index in [2.05, 4.69) is 4.84 Å². The number of aliphatic hydroxyl groups excluding tert-OH is 1. The van der Waals surface area contributed by atoms with Crippen LogP contribution in [0.2, 0.25) is 0 Å². The summed E-state index contributed by atoms with van der Waals surface area (Å²) in [7, 11) is -3.99. The van der Waals surface area contributed by atoms with Crippen LogP contribution in [0.3, 0.4) is 0 Å². The van der Waals surface area contributed by atoms with Crippen molar-refractivity contribution >= 4 is 16.0 Å². The molecule has 7 nitrogen and oxygen atoms in total. The summed E-state index contributed by atoms with van der Waals surface area (Å²) in [6, 6.07) is 14.1. The summed E-state index contributed by atoms with van der Waals surface area (Å²) in [6.45, 7) is -0.767. The summed E-state index contributed by atoms with van der Waals surface area (Å²) < 4.78 is 26.4. The van der Waals surface area contributed by atoms with Crippen molar-refractivity contribution in [3.05, 3.63) is 54.6 Å². The van der Waals surface area contributed by atoms with Crippen molar-refractivity contribution in [3.8, 4) is 11.1 Å². The van der Waals surface area contributed by atoms with E-state index in [1.54, 1.807) is 12.1 Å². The first-order chi connectivity index (χ1) is 11.0. The molecule has 2 aromatic rings. The van der Waals surface area contributed by atoms with Gasteiger partial charge in [0.15, 0.2) is 0 Å². The molecule has 23 heavy (non-hydrogen) atoms. The number of hydrogen-bond acceptors (Lipinski definition) is 6. The zero-order valence-corrected chi connectivity index (χ0v) is 12.9. The van der Waals surface area contributed by atoms with Gasteiger partial charge < -0.3 is 9.94 Å². The molecule has 1 unspecified atom stereocenters. The van der Waals surface area contributed by atoms with Gasteiger partial charge in [-0.15, -0.1) is 0 Å². The van der Waals surface area contributed by atoms with Gasteiger partial charge in [-0.1, -0.05) is 42.5 Å². The summed E-state index contributed by atoms with van der Waals surface area (Å²) >= 11 is 0. The van der Waals surface area contributed by atoms with E-state index in [0.29, 0.717) is 0 Å². The second kappa shape index (κ2) is 7.34. The van der Waals surface area contributed by atoms with Crippen LogP contribution in [-0.4, -0.2) is 32.1 Å². The molecule has 0 radical (unpaired) electrons. The van der Waals surface area contributed by atoms with Gasteiger partial charge in [0.25, 0.3) is 0 Å². The highest BCUT2D eigenvalue weighted by Crippen LogP contribution is 2.21. The quantitative estimate of drug-likeness (QED) is 0.658. The zero-order valence-electron chi connectivity index (χ0n) is 12.0. The fourth-order valence-electron chi connectivity index (χ4n) is 1.95. The third kappa shape index (κ3) is 4.14. The largest absolute Gasteiger partial charge is 0.394 e. The first-order valence-corrected chi connectivity index (χ1v) is 8.15. The first-order valence-electron chi connectivity index (χ1n) is 6.67. The highest BCUT2D eigenvalue weighted by atomic mass is 32.2. The van der Waals surface area contributed by atoms with Crippen LogP contribution in [0.4, 0.5) is 0 Å². The molecule has 0 aliphatic rings. The highest BCUT2D eigenvalue weighted by molar-refractivity contribution is 7.89. The molecule has 0 bridgehead atoms. The molecule has 2 aromatic carbocycles. The molecule has 4 N–H and O–H groups in total. The van der Waals surface area contributed by atoms with Gasteiger partial charge in [0.05, 0.1) is 11.5 Å². The SMILES string of the molecule is NOC(=O)C(CO)NS(=O)(=O)c1ccc(-c2ccccc2)cc1. The van der Waals surface area contributed by atoms with E-state index in [9.17, 15) is 13.2 Å². The number of hydrogen-bond donors (Lipinski definition) is 3. The Labute approximate surface area is 133 Å². The van der Waals surface area contributed by atoms with Crippen LogP contribution in [-0.2, 0) is 19.7 Å². The fraction of sp³-hybridized carbons (Fsp3) is 0.133. The number of nitrogens with one attached hydrogen (secondary N) is 1. The Hall–Kier alpha value is -2.26. The van der Waals surface area contributed by atoms with Crippen molar-refractivity contribution in [2.24, 2.45) is 5.90 Å². The maximum absolute atomic E-state index is 12.2. The van der Waals surface area contributed by atoms with Crippen LogP contribution in [0.25, 0.3) is 11.1 Å². The number of sulfonamides is 1. The lowest BCUT2D eigenvalue weighted by molar-refractivity contribution is -0.147. The van der Waals surface area contributed by atoms with Gasteiger partial charge in [0.1, 0.15) is 6.04 Å². The molecule has 0 spiro atoms. The molecule has 0 aliphatic heterocycles. The van der Waals surface area contributed by atoms with E-state index in [1.807, 2.05) is 35.1 Å². The second-order valence-corrected chi connectivity index (χ2v) is 6.40. The van der Waals surface area contributed by atoms with Gasteiger partial charge in [0, 0.05) is 0 Å². The number of rotatable bonds is 6. The van der Waals surface area contributed by atoms with E-state index in [4.69, 9.17) is 11.0 Å². The van der Waals surface area contributed by atoms with E-state index in [0.717, 1.165) is 11.1 Å². The number of nitrogens with two attached hydrogens (primary N) is 1. The smallest absolute Gasteiger partial charge is 0.345 e. The topological polar surface area (TPSA) is 119 Å². The molecule has 1 atom stereocenters. The normalized spacial score (nSPS) is 12.6. The number of aliphatic hydroxyl groups is 1. The molecule has 122 valence electrons. The van der Waals surface area contributed by atoms with Gasteiger partial charge in [0.2, 0.25) is 10.0 Å². The van der Waals surface area contributed by atoms with Crippen LogP contribution >= 0.6 is 0 Å². The van der Waals surface area contributed by atoms with Crippen LogP contribution in [0.5, 0.6) is 0 Å². The predicted octanol–water partition coefficient (Wildman–Crippen LogP) is 0.410. The number of benzene rings is 2. The first kappa shape index (κ1) is 17.1. The Morgan fingerprint density at radius 1 is 1.09 bits per heavy atom. The molecule has 0 amide bonds. The number of carbonyl (C=O) groups is 1. The van der Waals surface area contributed by atoms with Crippen molar-refractivity contribution in [2.75, 3.05) is 6.61 Å². The molecular formula is C15H16N2O5S. The van der Waals surface area contributed by atoms with Gasteiger partial charge in [-0.3, -0.25) is 0 Å². The Bertz CT molecular complexity index is 760. The van der Waals surface area contributed by atoms with Crippen LogP contribution < -0.4 is 10.6 Å². The Kier molecular flexibility index (Phi) is 5.45. The van der Waals surface area contributed by atoms with Crippen molar-refractivity contribution in [2.45, 2.75) is 10.9 Å². The molecular weight excluding hydrogens is 320 g/mol. The second-order valence-electron chi connectivity index (χ2n) is 4.68. The molecule has 0 heterocycles. The molecule has 0 saturated heterocycles. The van der Waals surface area contributed by atoms with Gasteiger partial charge in [-0.25, -0.2) is 13.2 Å². The standard InChI is InChI=1S/C15H16N2O5S/c16-22-15(19)14(10-18)17-23(20,21)13-8-6-12(7-9-13)11-4-2-1-3-5-11/h1-9,14,17-18H,10,16H2. The van der Waals surface area contributed by atoms with Crippen molar-refractivity contribution in [3.63, 3.8) is 0 Å². The Balaban J connectivity index is 2.22. The Morgan fingerprint density at radius 2 is 1.65 bits per heavy atom. The maximum atomic E-state index is 12.2. The lowest BCUT2D eigenvalue weighted by Gasteiger charge is -2.14. The monoisotopic (exact) mass is 336 g/mol. The Morgan fingerprint density at radius 3 is 2.17 bits per heavy atom. The third-order valence-corrected chi connectivity index (χ3v) is 4.64. The predicted molar refractivity (Wildman–Crippen MR) is 83.4 cm³/mol. The van der Waals surface area contributed by atoms with E-state index in [1.165, 1.54) is 12.1 Å². The summed E-state index contributed by atoms with van der Waals surface area (Å²) in [4.78, 5) is 15.2. The average Bonchev–Trinajstić information content (AvgIpc) is 2.60. The van der Waals surface area contributed by atoms with Crippen molar-refractivity contribution in [1.29, 1.82) is 0 Å². The van der Waals surface area contributed by atoms with Crippen molar-refractivity contribution < 1.29 is 23.2 Å². The molecule has 0 saturated carbocycles. The van der Waals surface area contributed by atoms with Crippen LogP contribution in [0, 0.1) is 0 Å². The number of carbonyl (C=O) groups excluding carboxylic acids is 1. The van der Waals surface area contributed by atoms with E-state index in [-0.39, 0.29) is 4.90 Å². The zero-order chi connectivity index (χ0) is 16.9. The summed E-state index contributed by atoms with van der Waals surface area (Å²) in [5.74, 6) is 3.62. The van der Waals surface area contributed by atoms with Gasteiger partial charge >= 0.3 is 5.97 Å². The minimum absolute atomic E-state index is 0.0412. The maximum Gasteiger partial charge on any atom is 0.345 e. The fourth-order valence-corrected chi connectivity index (χ4v) is 3.13. The lowest BCUT2D eigenvalue weighted by atomic mass is 10.1. The summed E-state index contributed by atoms with van der Waals surface area (Å²) in [6.07, 6.45) is 0. The van der Waals surface area contributed by atoms with Crippen LogP contribution in [0.15, 0.2) is 59.5 Å². The third-order valence-electron chi connectivity index (χ3n) is 3.15. The van der Waals surface area contributed by atoms with E-state index >= 15 is 0 Å². The van der Waals surface area contributed by atoms with Crippen molar-refractivity contribution in [1.82, 2.24) is 4.72 Å². The summed E-state index contributed by atoms with van der Waals surface area (Å²) in [5.41, 5.74) is 1.80. The van der Waals surface area contributed by atoms with Crippen LogP contribution in [0.1, 0.15) is 0 Å². The molecule has 0 aromatic heterocycles. The van der Waals surface area contributed by atoms with E-state index < -0.39 is 28.6 Å². The highest BCUT2D eigenvalue weighted by Gasteiger charge is 2.26. The molecule has 8 heteroatoms. The minimum Gasteiger partial charge on any atom is -0.394 e. The molecule has 0 fully saturated rings. The molecule has 0 aliphatic carbocycles. The molecule has 2 rings (SSSR count). The lowest BCUT2D eigenvalue weighted by Crippen LogP contribution is -2.45. The summed E-state index contributed by atoms with van der Waals surface area (Å²) in [5, 5.41) is 9.05. The average molecular weight is 336 g/mol. The van der Waals surface area contributed by atoms with Gasteiger partial charge in [-0.2, -0.15) is 10.6 Å².